The Labute approximate surface area is 324 Å². The van der Waals surface area contributed by atoms with Crippen molar-refractivity contribution in [1.82, 2.24) is 0 Å². The molecule has 0 aliphatic heterocycles. The molecule has 0 saturated heterocycles. The van der Waals surface area contributed by atoms with Crippen molar-refractivity contribution in [2.75, 3.05) is 64.6 Å². The van der Waals surface area contributed by atoms with Crippen molar-refractivity contribution >= 4 is 65.2 Å². The van der Waals surface area contributed by atoms with E-state index in [1.165, 1.54) is 27.7 Å². The first kappa shape index (κ1) is 47.9. The second-order valence-corrected chi connectivity index (χ2v) is 13.8. The van der Waals surface area contributed by atoms with Gasteiger partial charge in [-0.25, -0.2) is 9.59 Å². The molecule has 1 aromatic carbocycles. The normalized spacial score (nSPS) is 14.7. The summed E-state index contributed by atoms with van der Waals surface area (Å²) in [6, 6.07) is 8.73. The Balaban J connectivity index is 3.05. The number of rotatable bonds is 25. The molecule has 16 nitrogen and oxygen atoms in total. The highest BCUT2D eigenvalue weighted by atomic mass is 35.5. The maximum Gasteiger partial charge on any atom is 0.508 e. The molecule has 1 rings (SSSR count). The SMILES string of the molecule is CC(=O)OCC(C)(COC(=O)OCC(C)(COC(C)C(=O)OCC(C)(COC(C)=O)C(=O)OCCCCl)C(=O)OCc1ccccc1)C(=O)OCCCCl. The number of hydrogen-bond donors (Lipinski definition) is 0. The maximum atomic E-state index is 13.4. The summed E-state index contributed by atoms with van der Waals surface area (Å²) >= 11 is 11.3. The summed E-state index contributed by atoms with van der Waals surface area (Å²) in [5.41, 5.74) is -4.23. The molecule has 0 N–H and O–H groups in total. The lowest BCUT2D eigenvalue weighted by Crippen LogP contribution is -2.43. The van der Waals surface area contributed by atoms with Gasteiger partial charge in [-0.15, -0.1) is 23.2 Å². The van der Waals surface area contributed by atoms with Crippen molar-refractivity contribution in [3.05, 3.63) is 35.9 Å². The van der Waals surface area contributed by atoms with Gasteiger partial charge in [0, 0.05) is 25.6 Å². The van der Waals surface area contributed by atoms with Crippen LogP contribution < -0.4 is 0 Å². The average Bonchev–Trinajstić information content (AvgIpc) is 3.15. The topological polar surface area (TPSA) is 203 Å². The molecule has 0 aliphatic carbocycles. The van der Waals surface area contributed by atoms with Crippen LogP contribution in [-0.2, 0) is 78.0 Å². The summed E-state index contributed by atoms with van der Waals surface area (Å²) in [6.45, 7) is 4.26. The fraction of sp³-hybridized carbons (Fsp3) is 0.639. The van der Waals surface area contributed by atoms with Crippen molar-refractivity contribution in [1.29, 1.82) is 0 Å². The smallest absolute Gasteiger partial charge is 0.465 e. The number of alkyl halides is 2. The third-order valence-electron chi connectivity index (χ3n) is 7.44. The van der Waals surface area contributed by atoms with E-state index in [9.17, 15) is 33.6 Å². The quantitative estimate of drug-likeness (QED) is 0.0584. The van der Waals surface area contributed by atoms with E-state index in [2.05, 4.69) is 0 Å². The van der Waals surface area contributed by atoms with Gasteiger partial charge >= 0.3 is 42.0 Å². The number of ether oxygens (including phenoxy) is 9. The van der Waals surface area contributed by atoms with Gasteiger partial charge in [0.15, 0.2) is 6.10 Å². The lowest BCUT2D eigenvalue weighted by atomic mass is 9.92. The number of hydrogen-bond acceptors (Lipinski definition) is 16. The van der Waals surface area contributed by atoms with Gasteiger partial charge in [-0.1, -0.05) is 30.3 Å². The van der Waals surface area contributed by atoms with E-state index in [4.69, 9.17) is 65.8 Å². The summed E-state index contributed by atoms with van der Waals surface area (Å²) < 4.78 is 47.2. The van der Waals surface area contributed by atoms with Gasteiger partial charge in [-0.2, -0.15) is 0 Å². The fourth-order valence-corrected chi connectivity index (χ4v) is 4.11. The molecule has 4 atom stereocenters. The lowest BCUT2D eigenvalue weighted by Gasteiger charge is -2.29. The van der Waals surface area contributed by atoms with Crippen LogP contribution in [0.3, 0.4) is 0 Å². The number of benzene rings is 1. The molecule has 0 heterocycles. The average molecular weight is 810 g/mol. The second-order valence-electron chi connectivity index (χ2n) is 13.0. The van der Waals surface area contributed by atoms with Crippen LogP contribution in [-0.4, -0.2) is 113 Å². The van der Waals surface area contributed by atoms with Crippen LogP contribution in [0.15, 0.2) is 30.3 Å². The number of halogens is 2. The number of carbonyl (C=O) groups is 7. The van der Waals surface area contributed by atoms with E-state index < -0.39 is 104 Å². The Hall–Kier alpha value is -4.15. The Bertz CT molecular complexity index is 1390. The molecule has 0 aromatic heterocycles. The van der Waals surface area contributed by atoms with Gasteiger partial charge in [0.2, 0.25) is 0 Å². The minimum Gasteiger partial charge on any atom is -0.465 e. The molecule has 0 fully saturated rings. The monoisotopic (exact) mass is 808 g/mol. The van der Waals surface area contributed by atoms with E-state index in [1.807, 2.05) is 0 Å². The summed E-state index contributed by atoms with van der Waals surface area (Å²) in [4.78, 5) is 87.5. The molecule has 0 saturated carbocycles. The first-order valence-electron chi connectivity index (χ1n) is 16.9. The molecular weight excluding hydrogens is 759 g/mol. The van der Waals surface area contributed by atoms with Crippen LogP contribution in [0.4, 0.5) is 4.79 Å². The summed E-state index contributed by atoms with van der Waals surface area (Å²) in [5, 5.41) is 0. The van der Waals surface area contributed by atoms with Crippen molar-refractivity contribution in [2.24, 2.45) is 16.2 Å². The van der Waals surface area contributed by atoms with E-state index in [-0.39, 0.29) is 31.6 Å². The second kappa shape index (κ2) is 24.3. The van der Waals surface area contributed by atoms with Crippen LogP contribution in [0.25, 0.3) is 0 Å². The third-order valence-corrected chi connectivity index (χ3v) is 7.97. The third kappa shape index (κ3) is 17.8. The summed E-state index contributed by atoms with van der Waals surface area (Å²) in [7, 11) is 0. The molecule has 0 aliphatic rings. The molecular formula is C36H50Cl2O16. The van der Waals surface area contributed by atoms with Gasteiger partial charge in [0.1, 0.15) is 55.9 Å². The molecule has 0 bridgehead atoms. The van der Waals surface area contributed by atoms with Crippen LogP contribution in [0, 0.1) is 16.2 Å². The van der Waals surface area contributed by atoms with Crippen LogP contribution in [0.1, 0.15) is 59.9 Å². The highest BCUT2D eigenvalue weighted by molar-refractivity contribution is 6.18. The van der Waals surface area contributed by atoms with Gasteiger partial charge in [0.25, 0.3) is 0 Å². The van der Waals surface area contributed by atoms with Gasteiger partial charge in [-0.3, -0.25) is 24.0 Å². The lowest BCUT2D eigenvalue weighted by molar-refractivity contribution is -0.178. The molecule has 0 radical (unpaired) electrons. The minimum absolute atomic E-state index is 0.00478. The fourth-order valence-electron chi connectivity index (χ4n) is 3.89. The highest BCUT2D eigenvalue weighted by Crippen LogP contribution is 2.25. The van der Waals surface area contributed by atoms with Crippen molar-refractivity contribution < 1.29 is 76.2 Å². The maximum absolute atomic E-state index is 13.4. The number of esters is 6. The van der Waals surface area contributed by atoms with Gasteiger partial charge in [-0.05, 0) is 46.1 Å². The predicted octanol–water partition coefficient (Wildman–Crippen LogP) is 4.32. The highest BCUT2D eigenvalue weighted by Gasteiger charge is 2.42. The van der Waals surface area contributed by atoms with Crippen molar-refractivity contribution in [3.8, 4) is 0 Å². The molecule has 304 valence electrons. The van der Waals surface area contributed by atoms with Crippen molar-refractivity contribution in [2.45, 2.75) is 67.1 Å². The van der Waals surface area contributed by atoms with Crippen LogP contribution in [0.2, 0.25) is 0 Å². The largest absolute Gasteiger partial charge is 0.508 e. The van der Waals surface area contributed by atoms with Crippen LogP contribution >= 0.6 is 23.2 Å². The predicted molar refractivity (Wildman–Crippen MR) is 190 cm³/mol. The molecule has 18 heteroatoms. The van der Waals surface area contributed by atoms with Crippen LogP contribution in [0.5, 0.6) is 0 Å². The standard InChI is InChI=1S/C36H50Cl2O16/c1-25(29(41)52-22-35(5,20-50-26(2)39)30(42)46-16-10-14-37)49-19-34(4,32(44)48-18-28-12-8-7-9-13-28)23-53-33(45)54-24-36(6,21-51-27(3)40)31(43)47-17-11-15-38/h7-9,12-13,25H,10-11,14-24H2,1-6H3. The molecule has 0 spiro atoms. The van der Waals surface area contributed by atoms with E-state index in [1.54, 1.807) is 30.3 Å². The Kier molecular flexibility index (Phi) is 21.5. The Morgan fingerprint density at radius 2 is 0.981 bits per heavy atom. The van der Waals surface area contributed by atoms with E-state index in [0.29, 0.717) is 18.4 Å². The van der Waals surface area contributed by atoms with Gasteiger partial charge < -0.3 is 42.6 Å². The van der Waals surface area contributed by atoms with Gasteiger partial charge in [0.05, 0.1) is 19.8 Å². The molecule has 54 heavy (non-hydrogen) atoms. The van der Waals surface area contributed by atoms with Crippen molar-refractivity contribution in [3.63, 3.8) is 0 Å². The zero-order valence-electron chi connectivity index (χ0n) is 31.4. The summed E-state index contributed by atoms with van der Waals surface area (Å²) in [5.74, 6) is -4.29. The zero-order valence-corrected chi connectivity index (χ0v) is 33.0. The van der Waals surface area contributed by atoms with E-state index >= 15 is 0 Å². The first-order valence-corrected chi connectivity index (χ1v) is 18.0. The first-order chi connectivity index (χ1) is 25.4. The molecule has 4 unspecified atom stereocenters. The van der Waals surface area contributed by atoms with E-state index in [0.717, 1.165) is 13.8 Å². The molecule has 1 aromatic rings. The Morgan fingerprint density at radius 1 is 0.574 bits per heavy atom. The zero-order chi connectivity index (χ0) is 40.8. The minimum atomic E-state index is -1.72. The summed E-state index contributed by atoms with van der Waals surface area (Å²) in [6.07, 6.45) is -1.89. The number of carbonyl (C=O) groups excluding carboxylic acids is 7. The Morgan fingerprint density at radius 3 is 1.43 bits per heavy atom. The molecule has 0 amide bonds.